The third-order valence-corrected chi connectivity index (χ3v) is 3.00. The second kappa shape index (κ2) is 7.63. The number of rotatable bonds is 8. The van der Waals surface area contributed by atoms with Gasteiger partial charge >= 0.3 is 5.97 Å². The van der Waals surface area contributed by atoms with Crippen LogP contribution in [0.25, 0.3) is 0 Å². The van der Waals surface area contributed by atoms with E-state index in [1.807, 2.05) is 6.92 Å². The van der Waals surface area contributed by atoms with Gasteiger partial charge < -0.3 is 9.47 Å². The van der Waals surface area contributed by atoms with Crippen LogP contribution in [0.3, 0.4) is 0 Å². The molecule has 0 spiro atoms. The zero-order valence-electron chi connectivity index (χ0n) is 10.0. The summed E-state index contributed by atoms with van der Waals surface area (Å²) in [6.07, 6.45) is 0.693. The number of carbonyl (C=O) groups excluding carboxylic acids is 2. The third-order valence-electron chi connectivity index (χ3n) is 2.64. The number of carbonyl (C=O) groups is 2. The average molecular weight is 251 g/mol. The SMILES string of the molecule is CCOCCOC(=O)C(CC)(CC)C(=O)Cl. The fourth-order valence-electron chi connectivity index (χ4n) is 1.37. The molecule has 16 heavy (non-hydrogen) atoms. The Morgan fingerprint density at radius 3 is 2.06 bits per heavy atom. The molecule has 0 atom stereocenters. The highest BCUT2D eigenvalue weighted by Crippen LogP contribution is 2.30. The maximum absolute atomic E-state index is 11.7. The molecule has 94 valence electrons. The molecule has 0 aliphatic heterocycles. The smallest absolute Gasteiger partial charge is 0.321 e. The van der Waals surface area contributed by atoms with Crippen LogP contribution < -0.4 is 0 Å². The summed E-state index contributed by atoms with van der Waals surface area (Å²) in [6.45, 7) is 6.40. The zero-order valence-corrected chi connectivity index (χ0v) is 10.8. The molecule has 0 aromatic carbocycles. The first kappa shape index (κ1) is 15.4. The lowest BCUT2D eigenvalue weighted by Crippen LogP contribution is -2.37. The van der Waals surface area contributed by atoms with E-state index in [2.05, 4.69) is 0 Å². The Morgan fingerprint density at radius 2 is 1.69 bits per heavy atom. The Bertz CT molecular complexity index is 236. The van der Waals surface area contributed by atoms with Gasteiger partial charge in [0, 0.05) is 6.61 Å². The maximum atomic E-state index is 11.7. The third kappa shape index (κ3) is 3.76. The molecular formula is C11H19ClO4. The molecule has 0 aliphatic rings. The molecule has 0 amide bonds. The van der Waals surface area contributed by atoms with Gasteiger partial charge in [0.15, 0.2) is 0 Å². The van der Waals surface area contributed by atoms with E-state index in [0.717, 1.165) is 0 Å². The largest absolute Gasteiger partial charge is 0.462 e. The molecule has 0 heterocycles. The van der Waals surface area contributed by atoms with Crippen LogP contribution in [0.4, 0.5) is 0 Å². The maximum Gasteiger partial charge on any atom is 0.321 e. The molecule has 5 heteroatoms. The van der Waals surface area contributed by atoms with E-state index >= 15 is 0 Å². The molecule has 4 nitrogen and oxygen atoms in total. The van der Waals surface area contributed by atoms with Crippen molar-refractivity contribution in [2.75, 3.05) is 19.8 Å². The fourth-order valence-corrected chi connectivity index (χ4v) is 1.72. The summed E-state index contributed by atoms with van der Waals surface area (Å²) < 4.78 is 10.0. The molecule has 0 aliphatic carbocycles. The Labute approximate surface area is 101 Å². The van der Waals surface area contributed by atoms with Gasteiger partial charge in [0.2, 0.25) is 5.24 Å². The second-order valence-electron chi connectivity index (χ2n) is 3.40. The van der Waals surface area contributed by atoms with Gasteiger partial charge in [-0.3, -0.25) is 9.59 Å². The zero-order chi connectivity index (χ0) is 12.6. The number of hydrogen-bond donors (Lipinski definition) is 0. The molecule has 0 rings (SSSR count). The summed E-state index contributed by atoms with van der Waals surface area (Å²) in [5.74, 6) is -0.558. The summed E-state index contributed by atoms with van der Waals surface area (Å²) in [4.78, 5) is 23.0. The monoisotopic (exact) mass is 250 g/mol. The highest BCUT2D eigenvalue weighted by molar-refractivity contribution is 6.66. The molecular weight excluding hydrogens is 232 g/mol. The minimum atomic E-state index is -1.20. The predicted molar refractivity (Wildman–Crippen MR) is 61.3 cm³/mol. The summed E-state index contributed by atoms with van der Waals surface area (Å²) in [5.41, 5.74) is -1.20. The number of ether oxygens (including phenoxy) is 2. The van der Waals surface area contributed by atoms with Crippen molar-refractivity contribution in [2.45, 2.75) is 33.6 Å². The number of hydrogen-bond acceptors (Lipinski definition) is 4. The van der Waals surface area contributed by atoms with Crippen LogP contribution in [0.15, 0.2) is 0 Å². The molecule has 0 unspecified atom stereocenters. The van der Waals surface area contributed by atoms with Crippen molar-refractivity contribution in [1.29, 1.82) is 0 Å². The van der Waals surface area contributed by atoms with Crippen molar-refractivity contribution in [3.8, 4) is 0 Å². The Kier molecular flexibility index (Phi) is 7.34. The van der Waals surface area contributed by atoms with Crippen LogP contribution in [-0.2, 0) is 19.1 Å². The van der Waals surface area contributed by atoms with E-state index < -0.39 is 16.6 Å². The number of esters is 1. The van der Waals surface area contributed by atoms with Gasteiger partial charge in [0.1, 0.15) is 12.0 Å². The lowest BCUT2D eigenvalue weighted by atomic mass is 9.84. The standard InChI is InChI=1S/C11H19ClO4/c1-4-11(5-2,9(12)13)10(14)16-8-7-15-6-3/h4-8H2,1-3H3. The van der Waals surface area contributed by atoms with Gasteiger partial charge in [-0.25, -0.2) is 0 Å². The van der Waals surface area contributed by atoms with Crippen LogP contribution in [0.5, 0.6) is 0 Å². The van der Waals surface area contributed by atoms with Crippen molar-refractivity contribution >= 4 is 22.8 Å². The Morgan fingerprint density at radius 1 is 1.12 bits per heavy atom. The predicted octanol–water partition coefficient (Wildman–Crippen LogP) is 2.14. The van der Waals surface area contributed by atoms with E-state index in [0.29, 0.717) is 26.1 Å². The van der Waals surface area contributed by atoms with Gasteiger partial charge in [-0.2, -0.15) is 0 Å². The molecule has 0 bridgehead atoms. The van der Waals surface area contributed by atoms with Crippen molar-refractivity contribution in [3.05, 3.63) is 0 Å². The number of halogens is 1. The van der Waals surface area contributed by atoms with Gasteiger partial charge in [-0.15, -0.1) is 0 Å². The molecule has 0 radical (unpaired) electrons. The molecule has 0 aromatic heterocycles. The summed E-state index contributed by atoms with van der Waals surface area (Å²) in [6, 6.07) is 0. The quantitative estimate of drug-likeness (QED) is 0.287. The minimum absolute atomic E-state index is 0.151. The van der Waals surface area contributed by atoms with Crippen LogP contribution in [-0.4, -0.2) is 31.0 Å². The van der Waals surface area contributed by atoms with Crippen molar-refractivity contribution < 1.29 is 19.1 Å². The van der Waals surface area contributed by atoms with Crippen molar-refractivity contribution in [2.24, 2.45) is 5.41 Å². The highest BCUT2D eigenvalue weighted by Gasteiger charge is 2.43. The first-order valence-corrected chi connectivity index (χ1v) is 5.87. The fraction of sp³-hybridized carbons (Fsp3) is 0.818. The lowest BCUT2D eigenvalue weighted by Gasteiger charge is -2.24. The molecule has 0 saturated heterocycles. The Hall–Kier alpha value is -0.610. The van der Waals surface area contributed by atoms with Crippen molar-refractivity contribution in [3.63, 3.8) is 0 Å². The average Bonchev–Trinajstić information content (AvgIpc) is 2.26. The van der Waals surface area contributed by atoms with Gasteiger partial charge in [-0.05, 0) is 31.4 Å². The topological polar surface area (TPSA) is 52.6 Å². The van der Waals surface area contributed by atoms with Crippen LogP contribution >= 0.6 is 11.6 Å². The van der Waals surface area contributed by atoms with Crippen LogP contribution in [0.1, 0.15) is 33.6 Å². The first-order valence-electron chi connectivity index (χ1n) is 5.50. The molecule has 0 saturated carbocycles. The van der Waals surface area contributed by atoms with E-state index in [1.165, 1.54) is 0 Å². The molecule has 0 N–H and O–H groups in total. The van der Waals surface area contributed by atoms with E-state index in [9.17, 15) is 9.59 Å². The van der Waals surface area contributed by atoms with Crippen molar-refractivity contribution in [1.82, 2.24) is 0 Å². The molecule has 0 aromatic rings. The van der Waals surface area contributed by atoms with Crippen LogP contribution in [0, 0.1) is 5.41 Å². The van der Waals surface area contributed by atoms with Gasteiger partial charge in [-0.1, -0.05) is 13.8 Å². The van der Waals surface area contributed by atoms with Gasteiger partial charge in [0.25, 0.3) is 0 Å². The highest BCUT2D eigenvalue weighted by atomic mass is 35.5. The Balaban J connectivity index is 4.34. The summed E-state index contributed by atoms with van der Waals surface area (Å²) in [7, 11) is 0. The lowest BCUT2D eigenvalue weighted by molar-refractivity contribution is -0.160. The molecule has 0 fully saturated rings. The van der Waals surface area contributed by atoms with E-state index in [4.69, 9.17) is 21.1 Å². The first-order chi connectivity index (χ1) is 7.55. The normalized spacial score (nSPS) is 11.2. The second-order valence-corrected chi connectivity index (χ2v) is 3.74. The van der Waals surface area contributed by atoms with Gasteiger partial charge in [0.05, 0.1) is 6.61 Å². The minimum Gasteiger partial charge on any atom is -0.462 e. The summed E-state index contributed by atoms with van der Waals surface area (Å²) in [5, 5.41) is -0.654. The van der Waals surface area contributed by atoms with E-state index in [1.54, 1.807) is 13.8 Å². The van der Waals surface area contributed by atoms with Crippen LogP contribution in [0.2, 0.25) is 0 Å². The summed E-state index contributed by atoms with van der Waals surface area (Å²) >= 11 is 5.46. The van der Waals surface area contributed by atoms with E-state index in [-0.39, 0.29) is 6.61 Å².